The Morgan fingerprint density at radius 3 is 2.53 bits per heavy atom. The van der Waals surface area contributed by atoms with E-state index in [1.54, 1.807) is 11.8 Å². The summed E-state index contributed by atoms with van der Waals surface area (Å²) in [5, 5.41) is 2.45. The van der Waals surface area contributed by atoms with Gasteiger partial charge in [0.15, 0.2) is 0 Å². The Labute approximate surface area is 191 Å². The molecule has 4 rings (SSSR count). The van der Waals surface area contributed by atoms with Gasteiger partial charge in [-0.1, -0.05) is 17.7 Å². The minimum atomic E-state index is -3.86. The first-order valence-corrected chi connectivity index (χ1v) is 12.2. The van der Waals surface area contributed by atoms with Crippen molar-refractivity contribution in [3.8, 4) is 0 Å². The lowest BCUT2D eigenvalue weighted by molar-refractivity contribution is -0.134. The van der Waals surface area contributed by atoms with E-state index in [1.165, 1.54) is 40.7 Å². The predicted octanol–water partition coefficient (Wildman–Crippen LogP) is 3.36. The van der Waals surface area contributed by atoms with E-state index in [2.05, 4.69) is 5.32 Å². The van der Waals surface area contributed by atoms with Crippen LogP contribution in [0.1, 0.15) is 30.1 Å². The lowest BCUT2D eigenvalue weighted by atomic mass is 10.2. The van der Waals surface area contributed by atoms with E-state index in [0.717, 1.165) is 18.9 Å². The first kappa shape index (κ1) is 22.7. The average molecular weight is 480 g/mol. The Morgan fingerprint density at radius 1 is 1.12 bits per heavy atom. The summed E-state index contributed by atoms with van der Waals surface area (Å²) in [6, 6.07) is 9.14. The van der Waals surface area contributed by atoms with Gasteiger partial charge in [0.1, 0.15) is 5.82 Å². The van der Waals surface area contributed by atoms with Crippen molar-refractivity contribution in [1.82, 2.24) is 9.21 Å². The standard InChI is InChI=1S/C22H23ClFN3O4S/c1-14-13-26(22(29)15-5-6-15)9-10-27(14)32(30,31)18-4-2-3-16(11-18)21(28)25-17-7-8-20(24)19(23)12-17/h2-4,7-8,11-12,14-15H,5-6,9-10,13H2,1H3,(H,25,28). The highest BCUT2D eigenvalue weighted by Crippen LogP contribution is 2.32. The number of sulfonamides is 1. The van der Waals surface area contributed by atoms with E-state index >= 15 is 0 Å². The van der Waals surface area contributed by atoms with Crippen LogP contribution in [0.3, 0.4) is 0 Å². The number of carbonyl (C=O) groups is 2. The second-order valence-corrected chi connectivity index (χ2v) is 10.4. The van der Waals surface area contributed by atoms with Crippen LogP contribution in [0.5, 0.6) is 0 Å². The second-order valence-electron chi connectivity index (χ2n) is 8.13. The van der Waals surface area contributed by atoms with Crippen LogP contribution in [-0.4, -0.2) is 55.1 Å². The summed E-state index contributed by atoms with van der Waals surface area (Å²) in [6.45, 7) is 2.68. The SMILES string of the molecule is CC1CN(C(=O)C2CC2)CCN1S(=O)(=O)c1cccc(C(=O)Nc2ccc(F)c(Cl)c2)c1. The normalized spacial score (nSPS) is 19.6. The molecular formula is C22H23ClFN3O4S. The van der Waals surface area contributed by atoms with Crippen molar-refractivity contribution >= 4 is 39.1 Å². The van der Waals surface area contributed by atoms with Gasteiger partial charge < -0.3 is 10.2 Å². The molecule has 170 valence electrons. The number of benzene rings is 2. The molecule has 1 saturated carbocycles. The summed E-state index contributed by atoms with van der Waals surface area (Å²) in [7, 11) is -3.86. The molecule has 2 amide bonds. The number of anilines is 1. The van der Waals surface area contributed by atoms with Crippen molar-refractivity contribution < 1.29 is 22.4 Å². The summed E-state index contributed by atoms with van der Waals surface area (Å²) in [5.41, 5.74) is 0.432. The fourth-order valence-electron chi connectivity index (χ4n) is 3.80. The molecule has 1 heterocycles. The molecule has 1 aliphatic heterocycles. The fraction of sp³-hybridized carbons (Fsp3) is 0.364. The van der Waals surface area contributed by atoms with Gasteiger partial charge in [-0.3, -0.25) is 9.59 Å². The molecule has 32 heavy (non-hydrogen) atoms. The number of halogens is 2. The van der Waals surface area contributed by atoms with Crippen molar-refractivity contribution in [2.75, 3.05) is 25.0 Å². The number of hydrogen-bond donors (Lipinski definition) is 1. The molecule has 0 radical (unpaired) electrons. The monoisotopic (exact) mass is 479 g/mol. The molecule has 2 aromatic carbocycles. The predicted molar refractivity (Wildman–Crippen MR) is 118 cm³/mol. The summed E-state index contributed by atoms with van der Waals surface area (Å²) < 4.78 is 41.2. The maximum Gasteiger partial charge on any atom is 0.255 e. The van der Waals surface area contributed by atoms with Gasteiger partial charge in [0, 0.05) is 42.8 Å². The van der Waals surface area contributed by atoms with Crippen LogP contribution >= 0.6 is 11.6 Å². The molecule has 2 aliphatic rings. The van der Waals surface area contributed by atoms with Gasteiger partial charge in [0.05, 0.1) is 9.92 Å². The smallest absolute Gasteiger partial charge is 0.255 e. The number of rotatable bonds is 5. The zero-order chi connectivity index (χ0) is 23.0. The number of amides is 2. The Kier molecular flexibility index (Phi) is 6.24. The number of piperazine rings is 1. The maximum absolute atomic E-state index is 13.3. The number of hydrogen-bond acceptors (Lipinski definition) is 4. The summed E-state index contributed by atoms with van der Waals surface area (Å²) in [4.78, 5) is 26.7. The van der Waals surface area contributed by atoms with Crippen LogP contribution in [0.25, 0.3) is 0 Å². The van der Waals surface area contributed by atoms with Crippen LogP contribution in [0.15, 0.2) is 47.4 Å². The molecule has 0 aromatic heterocycles. The van der Waals surface area contributed by atoms with Crippen molar-refractivity contribution in [2.24, 2.45) is 5.92 Å². The first-order valence-electron chi connectivity index (χ1n) is 10.3. The first-order chi connectivity index (χ1) is 15.2. The third kappa shape index (κ3) is 4.65. The third-order valence-corrected chi connectivity index (χ3v) is 7.98. The molecule has 1 atom stereocenters. The Balaban J connectivity index is 1.49. The average Bonchev–Trinajstić information content (AvgIpc) is 3.61. The lowest BCUT2D eigenvalue weighted by Gasteiger charge is -2.39. The highest BCUT2D eigenvalue weighted by molar-refractivity contribution is 7.89. The summed E-state index contributed by atoms with van der Waals surface area (Å²) in [6.07, 6.45) is 1.81. The van der Waals surface area contributed by atoms with Crippen LogP contribution < -0.4 is 5.32 Å². The minimum Gasteiger partial charge on any atom is -0.340 e. The van der Waals surface area contributed by atoms with Crippen LogP contribution in [0, 0.1) is 11.7 Å². The Bertz CT molecular complexity index is 1170. The molecule has 2 aromatic rings. The lowest BCUT2D eigenvalue weighted by Crippen LogP contribution is -2.55. The van der Waals surface area contributed by atoms with E-state index in [1.807, 2.05) is 0 Å². The number of nitrogens with zero attached hydrogens (tertiary/aromatic N) is 2. The molecule has 0 spiro atoms. The molecule has 1 N–H and O–H groups in total. The Hall–Kier alpha value is -2.49. The van der Waals surface area contributed by atoms with E-state index in [-0.39, 0.29) is 39.9 Å². The minimum absolute atomic E-state index is 0.00360. The van der Waals surface area contributed by atoms with Gasteiger partial charge in [0.25, 0.3) is 5.91 Å². The van der Waals surface area contributed by atoms with Crippen molar-refractivity contribution in [1.29, 1.82) is 0 Å². The zero-order valence-corrected chi connectivity index (χ0v) is 19.0. The van der Waals surface area contributed by atoms with Crippen LogP contribution in [-0.2, 0) is 14.8 Å². The molecule has 1 unspecified atom stereocenters. The maximum atomic E-state index is 13.3. The molecule has 7 nitrogen and oxygen atoms in total. The topological polar surface area (TPSA) is 86.8 Å². The van der Waals surface area contributed by atoms with E-state index in [0.29, 0.717) is 18.8 Å². The van der Waals surface area contributed by atoms with Crippen LogP contribution in [0.2, 0.25) is 5.02 Å². The quantitative estimate of drug-likeness (QED) is 0.712. The van der Waals surface area contributed by atoms with Gasteiger partial charge in [-0.25, -0.2) is 12.8 Å². The fourth-order valence-corrected chi connectivity index (χ4v) is 5.64. The molecule has 1 aliphatic carbocycles. The highest BCUT2D eigenvalue weighted by atomic mass is 35.5. The van der Waals surface area contributed by atoms with Gasteiger partial charge in [-0.2, -0.15) is 4.31 Å². The highest BCUT2D eigenvalue weighted by Gasteiger charge is 2.39. The summed E-state index contributed by atoms with van der Waals surface area (Å²) >= 11 is 5.74. The molecule has 0 bridgehead atoms. The molecule has 10 heteroatoms. The van der Waals surface area contributed by atoms with Gasteiger partial charge in [-0.15, -0.1) is 0 Å². The number of carbonyl (C=O) groups excluding carboxylic acids is 2. The molecule has 2 fully saturated rings. The largest absolute Gasteiger partial charge is 0.340 e. The van der Waals surface area contributed by atoms with Gasteiger partial charge in [-0.05, 0) is 56.2 Å². The van der Waals surface area contributed by atoms with Crippen LogP contribution in [0.4, 0.5) is 10.1 Å². The van der Waals surface area contributed by atoms with Crippen molar-refractivity contribution in [2.45, 2.75) is 30.7 Å². The molecular weight excluding hydrogens is 457 g/mol. The van der Waals surface area contributed by atoms with E-state index in [4.69, 9.17) is 11.6 Å². The number of nitrogens with one attached hydrogen (secondary N) is 1. The van der Waals surface area contributed by atoms with Gasteiger partial charge >= 0.3 is 0 Å². The second kappa shape index (κ2) is 8.80. The third-order valence-electron chi connectivity index (χ3n) is 5.69. The van der Waals surface area contributed by atoms with Crippen molar-refractivity contribution in [3.63, 3.8) is 0 Å². The van der Waals surface area contributed by atoms with E-state index in [9.17, 15) is 22.4 Å². The van der Waals surface area contributed by atoms with Gasteiger partial charge in [0.2, 0.25) is 15.9 Å². The zero-order valence-electron chi connectivity index (χ0n) is 17.4. The van der Waals surface area contributed by atoms with E-state index < -0.39 is 21.7 Å². The molecule has 1 saturated heterocycles. The van der Waals surface area contributed by atoms with Crippen molar-refractivity contribution in [3.05, 3.63) is 58.9 Å². The Morgan fingerprint density at radius 2 is 1.88 bits per heavy atom. The summed E-state index contributed by atoms with van der Waals surface area (Å²) in [5.74, 6) is -0.951.